The Morgan fingerprint density at radius 3 is 2.29 bits per heavy atom. The van der Waals surface area contributed by atoms with Crippen molar-refractivity contribution < 1.29 is 13.2 Å². The van der Waals surface area contributed by atoms with Gasteiger partial charge in [-0.05, 0) is 61.3 Å². The Morgan fingerprint density at radius 2 is 1.79 bits per heavy atom. The Kier molecular flexibility index (Phi) is 5.97. The molecule has 1 fully saturated rings. The number of hydrogen-bond donors (Lipinski definition) is 0. The van der Waals surface area contributed by atoms with Crippen LogP contribution in [0, 0.1) is 18.8 Å². The number of sulfonamides is 1. The van der Waals surface area contributed by atoms with Gasteiger partial charge in [0.1, 0.15) is 5.75 Å². The van der Waals surface area contributed by atoms with Gasteiger partial charge in [-0.1, -0.05) is 27.7 Å². The molecule has 2 atom stereocenters. The summed E-state index contributed by atoms with van der Waals surface area (Å²) in [4.78, 5) is 0.427. The SMILES string of the molecule is CCOc1cc(C)c(S(=O)(=O)N2C[C@@H](C)C[C@H](C)C2)cc1C(C)C. The molecule has 1 aliphatic rings. The van der Waals surface area contributed by atoms with Gasteiger partial charge in [0.15, 0.2) is 0 Å². The van der Waals surface area contributed by atoms with Gasteiger partial charge in [0.25, 0.3) is 0 Å². The number of hydrogen-bond acceptors (Lipinski definition) is 3. The summed E-state index contributed by atoms with van der Waals surface area (Å²) >= 11 is 0. The van der Waals surface area contributed by atoms with Crippen LogP contribution in [0.1, 0.15) is 58.1 Å². The highest BCUT2D eigenvalue weighted by Gasteiger charge is 2.33. The highest BCUT2D eigenvalue weighted by atomic mass is 32.2. The Labute approximate surface area is 147 Å². The fraction of sp³-hybridized carbons (Fsp3) is 0.684. The molecule has 4 nitrogen and oxygen atoms in total. The topological polar surface area (TPSA) is 46.6 Å². The van der Waals surface area contributed by atoms with Crippen molar-refractivity contribution in [2.24, 2.45) is 11.8 Å². The molecule has 1 aliphatic heterocycles. The lowest BCUT2D eigenvalue weighted by Crippen LogP contribution is -2.42. The number of ether oxygens (including phenoxy) is 1. The number of piperidine rings is 1. The normalized spacial score (nSPS) is 22.8. The van der Waals surface area contributed by atoms with E-state index in [4.69, 9.17) is 4.74 Å². The molecule has 0 amide bonds. The molecule has 0 bridgehead atoms. The first kappa shape index (κ1) is 19.3. The molecule has 1 aromatic rings. The van der Waals surface area contributed by atoms with E-state index in [9.17, 15) is 8.42 Å². The van der Waals surface area contributed by atoms with E-state index in [1.165, 1.54) is 0 Å². The Balaban J connectivity index is 2.48. The van der Waals surface area contributed by atoms with Crippen LogP contribution in [0.15, 0.2) is 17.0 Å². The first-order valence-corrected chi connectivity index (χ1v) is 10.4. The summed E-state index contributed by atoms with van der Waals surface area (Å²) in [7, 11) is -3.47. The summed E-state index contributed by atoms with van der Waals surface area (Å²) < 4.78 is 33.8. The molecular formula is C19H31NO3S. The van der Waals surface area contributed by atoms with E-state index in [0.29, 0.717) is 36.4 Å². The monoisotopic (exact) mass is 353 g/mol. The molecule has 1 saturated heterocycles. The lowest BCUT2D eigenvalue weighted by molar-refractivity contribution is 0.222. The summed E-state index contributed by atoms with van der Waals surface area (Å²) in [6.07, 6.45) is 1.09. The van der Waals surface area contributed by atoms with Gasteiger partial charge in [0, 0.05) is 13.1 Å². The molecule has 136 valence electrons. The van der Waals surface area contributed by atoms with E-state index in [1.807, 2.05) is 26.0 Å². The van der Waals surface area contributed by atoms with Gasteiger partial charge < -0.3 is 4.74 Å². The van der Waals surface area contributed by atoms with Crippen LogP contribution in [-0.4, -0.2) is 32.4 Å². The summed E-state index contributed by atoms with van der Waals surface area (Å²) in [6.45, 7) is 14.0. The van der Waals surface area contributed by atoms with Gasteiger partial charge in [-0.3, -0.25) is 0 Å². The van der Waals surface area contributed by atoms with E-state index in [2.05, 4.69) is 27.7 Å². The Bertz CT molecular complexity index is 672. The third kappa shape index (κ3) is 3.94. The van der Waals surface area contributed by atoms with E-state index in [-0.39, 0.29) is 5.92 Å². The summed E-state index contributed by atoms with van der Waals surface area (Å²) in [5.41, 5.74) is 1.72. The third-order valence-electron chi connectivity index (χ3n) is 4.68. The Hall–Kier alpha value is -1.07. The molecule has 0 unspecified atom stereocenters. The molecule has 0 aliphatic carbocycles. The van der Waals surface area contributed by atoms with Crippen LogP contribution < -0.4 is 4.74 Å². The molecule has 24 heavy (non-hydrogen) atoms. The standard InChI is InChI=1S/C19H31NO3S/c1-7-23-18-9-16(6)19(10-17(18)13(2)3)24(21,22)20-11-14(4)8-15(5)12-20/h9-10,13-15H,7-8,11-12H2,1-6H3/t14-,15-/m0/s1. The second kappa shape index (κ2) is 7.44. The highest BCUT2D eigenvalue weighted by molar-refractivity contribution is 7.89. The summed E-state index contributed by atoms with van der Waals surface area (Å²) in [5, 5.41) is 0. The summed E-state index contributed by atoms with van der Waals surface area (Å²) in [6, 6.07) is 3.70. The van der Waals surface area contributed by atoms with Crippen LogP contribution in [0.4, 0.5) is 0 Å². The number of nitrogens with zero attached hydrogens (tertiary/aromatic N) is 1. The molecule has 0 N–H and O–H groups in total. The average molecular weight is 354 g/mol. The molecule has 0 aromatic heterocycles. The zero-order chi connectivity index (χ0) is 18.1. The maximum absolute atomic E-state index is 13.2. The number of rotatable bonds is 5. The molecule has 0 saturated carbocycles. The minimum absolute atomic E-state index is 0.209. The minimum atomic E-state index is -3.47. The third-order valence-corrected chi connectivity index (χ3v) is 6.66. The van der Waals surface area contributed by atoms with Gasteiger partial charge >= 0.3 is 0 Å². The van der Waals surface area contributed by atoms with Crippen LogP contribution in [0.3, 0.4) is 0 Å². The van der Waals surface area contributed by atoms with Crippen molar-refractivity contribution in [2.75, 3.05) is 19.7 Å². The van der Waals surface area contributed by atoms with Crippen molar-refractivity contribution in [1.82, 2.24) is 4.31 Å². The molecule has 2 rings (SSSR count). The number of aryl methyl sites for hydroxylation is 1. The maximum Gasteiger partial charge on any atom is 0.243 e. The van der Waals surface area contributed by atoms with Gasteiger partial charge in [0.2, 0.25) is 10.0 Å². The molecule has 1 aromatic carbocycles. The lowest BCUT2D eigenvalue weighted by Gasteiger charge is -2.34. The maximum atomic E-state index is 13.2. The largest absolute Gasteiger partial charge is 0.494 e. The predicted octanol–water partition coefficient (Wildman–Crippen LogP) is 4.18. The fourth-order valence-corrected chi connectivity index (χ4v) is 5.55. The van der Waals surface area contributed by atoms with E-state index in [1.54, 1.807) is 4.31 Å². The number of benzene rings is 1. The van der Waals surface area contributed by atoms with E-state index in [0.717, 1.165) is 23.3 Å². The van der Waals surface area contributed by atoms with Crippen LogP contribution in [0.25, 0.3) is 0 Å². The van der Waals surface area contributed by atoms with Gasteiger partial charge in [-0.15, -0.1) is 0 Å². The average Bonchev–Trinajstić information content (AvgIpc) is 2.46. The molecule has 0 radical (unpaired) electrons. The zero-order valence-electron chi connectivity index (χ0n) is 15.8. The molecule has 1 heterocycles. The van der Waals surface area contributed by atoms with Crippen LogP contribution in [-0.2, 0) is 10.0 Å². The molecule has 5 heteroatoms. The minimum Gasteiger partial charge on any atom is -0.494 e. The smallest absolute Gasteiger partial charge is 0.243 e. The quantitative estimate of drug-likeness (QED) is 0.797. The first-order valence-electron chi connectivity index (χ1n) is 8.94. The summed E-state index contributed by atoms with van der Waals surface area (Å²) in [5.74, 6) is 1.80. The second-order valence-electron chi connectivity index (χ2n) is 7.51. The van der Waals surface area contributed by atoms with E-state index >= 15 is 0 Å². The zero-order valence-corrected chi connectivity index (χ0v) is 16.6. The first-order chi connectivity index (χ1) is 11.2. The van der Waals surface area contributed by atoms with Crippen molar-refractivity contribution in [3.63, 3.8) is 0 Å². The molecular weight excluding hydrogens is 322 g/mol. The van der Waals surface area contributed by atoms with Crippen molar-refractivity contribution in [2.45, 2.75) is 58.8 Å². The van der Waals surface area contributed by atoms with Crippen molar-refractivity contribution >= 4 is 10.0 Å². The van der Waals surface area contributed by atoms with Gasteiger partial charge in [0.05, 0.1) is 11.5 Å². The predicted molar refractivity (Wildman–Crippen MR) is 98.1 cm³/mol. The van der Waals surface area contributed by atoms with Gasteiger partial charge in [-0.25, -0.2) is 8.42 Å². The van der Waals surface area contributed by atoms with Gasteiger partial charge in [-0.2, -0.15) is 4.31 Å². The second-order valence-corrected chi connectivity index (χ2v) is 9.42. The molecule has 0 spiro atoms. The van der Waals surface area contributed by atoms with Crippen LogP contribution in [0.5, 0.6) is 5.75 Å². The van der Waals surface area contributed by atoms with Crippen LogP contribution >= 0.6 is 0 Å². The fourth-order valence-electron chi connectivity index (χ4n) is 3.63. The van der Waals surface area contributed by atoms with E-state index < -0.39 is 10.0 Å². The van der Waals surface area contributed by atoms with Crippen molar-refractivity contribution in [1.29, 1.82) is 0 Å². The lowest BCUT2D eigenvalue weighted by atomic mass is 9.94. The van der Waals surface area contributed by atoms with Crippen molar-refractivity contribution in [3.8, 4) is 5.75 Å². The van der Waals surface area contributed by atoms with Crippen molar-refractivity contribution in [3.05, 3.63) is 23.3 Å². The van der Waals surface area contributed by atoms with Crippen LogP contribution in [0.2, 0.25) is 0 Å². The Morgan fingerprint density at radius 1 is 1.21 bits per heavy atom. The highest BCUT2D eigenvalue weighted by Crippen LogP contribution is 2.34.